The zero-order chi connectivity index (χ0) is 19.4. The van der Waals surface area contributed by atoms with Gasteiger partial charge in [-0.15, -0.1) is 15.0 Å². The van der Waals surface area contributed by atoms with Crippen LogP contribution in [0.25, 0.3) is 0 Å². The number of Topliss-reactive ketones (excluding diaryl/α,β-unsaturated/α-hetero) is 1. The Morgan fingerprint density at radius 2 is 1.56 bits per heavy atom. The molecule has 136 valence electrons. The largest absolute Gasteiger partial charge is 0.402 e. The van der Waals surface area contributed by atoms with Crippen LogP contribution < -0.4 is 0 Å². The number of ketones is 1. The molecule has 0 spiro atoms. The first-order valence-corrected chi connectivity index (χ1v) is 8.32. The number of esters is 1. The van der Waals surface area contributed by atoms with Crippen LogP contribution in [-0.4, -0.2) is 32.8 Å². The highest BCUT2D eigenvalue weighted by molar-refractivity contribution is 6.05. The molecule has 3 rings (SSSR count). The minimum absolute atomic E-state index is 0.0709. The molecule has 0 radical (unpaired) electrons. The molecule has 0 amide bonds. The van der Waals surface area contributed by atoms with E-state index in [4.69, 9.17) is 4.74 Å². The fourth-order valence-corrected chi connectivity index (χ4v) is 2.28. The smallest absolute Gasteiger partial charge is 0.344 e. The Bertz CT molecular complexity index is 1010. The molecule has 1 heterocycles. The summed E-state index contributed by atoms with van der Waals surface area (Å²) in [5.74, 6) is -0.551. The van der Waals surface area contributed by atoms with Crippen LogP contribution in [0, 0.1) is 13.8 Å². The van der Waals surface area contributed by atoms with Crippen molar-refractivity contribution in [3.63, 3.8) is 0 Å². The third-order valence-electron chi connectivity index (χ3n) is 4.03. The Hall–Kier alpha value is -3.61. The molecule has 0 fully saturated rings. The van der Waals surface area contributed by atoms with Gasteiger partial charge in [0, 0.05) is 11.1 Å². The molecule has 0 aliphatic rings. The van der Waals surface area contributed by atoms with Gasteiger partial charge in [0.25, 0.3) is 0 Å². The van der Waals surface area contributed by atoms with E-state index >= 15 is 0 Å². The van der Waals surface area contributed by atoms with Gasteiger partial charge >= 0.3 is 5.97 Å². The van der Waals surface area contributed by atoms with Gasteiger partial charge in [-0.05, 0) is 50.3 Å². The standard InChI is InChI=1S/C20H18N4O3/c1-13-14(2)24(23-21-13)22-19(17-7-5-4-6-8-17)27-20(26)18-11-9-16(10-12-18)15(3)25/h4-12H,1-3H3/b22-19+. The van der Waals surface area contributed by atoms with Crippen molar-refractivity contribution in [2.75, 3.05) is 0 Å². The summed E-state index contributed by atoms with van der Waals surface area (Å²) in [5, 5.41) is 12.2. The quantitative estimate of drug-likeness (QED) is 0.308. The first-order chi connectivity index (χ1) is 13.0. The third-order valence-corrected chi connectivity index (χ3v) is 4.03. The summed E-state index contributed by atoms with van der Waals surface area (Å²) in [6.45, 7) is 5.11. The van der Waals surface area contributed by atoms with Crippen LogP contribution in [0.5, 0.6) is 0 Å². The van der Waals surface area contributed by atoms with Crippen molar-refractivity contribution >= 4 is 17.7 Å². The maximum atomic E-state index is 12.6. The third kappa shape index (κ3) is 4.14. The molecule has 7 nitrogen and oxygen atoms in total. The Balaban J connectivity index is 1.93. The monoisotopic (exact) mass is 362 g/mol. The van der Waals surface area contributed by atoms with E-state index in [1.54, 1.807) is 36.4 Å². The van der Waals surface area contributed by atoms with Crippen LogP contribution in [0.3, 0.4) is 0 Å². The minimum Gasteiger partial charge on any atom is -0.402 e. The maximum absolute atomic E-state index is 12.6. The lowest BCUT2D eigenvalue weighted by atomic mass is 10.1. The van der Waals surface area contributed by atoms with Gasteiger partial charge in [-0.25, -0.2) is 4.79 Å². The molecule has 27 heavy (non-hydrogen) atoms. The van der Waals surface area contributed by atoms with E-state index in [0.29, 0.717) is 16.7 Å². The lowest BCUT2D eigenvalue weighted by Crippen LogP contribution is -2.16. The van der Waals surface area contributed by atoms with Crippen molar-refractivity contribution in [3.8, 4) is 0 Å². The second kappa shape index (κ2) is 7.74. The molecule has 0 aliphatic carbocycles. The second-order valence-corrected chi connectivity index (χ2v) is 5.94. The summed E-state index contributed by atoms with van der Waals surface area (Å²) in [6.07, 6.45) is 0. The fourth-order valence-electron chi connectivity index (χ4n) is 2.28. The Morgan fingerprint density at radius 3 is 2.11 bits per heavy atom. The lowest BCUT2D eigenvalue weighted by Gasteiger charge is -2.08. The van der Waals surface area contributed by atoms with Gasteiger partial charge in [0.05, 0.1) is 17.0 Å². The molecule has 0 atom stereocenters. The Morgan fingerprint density at radius 1 is 0.926 bits per heavy atom. The maximum Gasteiger partial charge on any atom is 0.344 e. The van der Waals surface area contributed by atoms with Crippen molar-refractivity contribution in [2.24, 2.45) is 5.10 Å². The molecule has 3 aromatic rings. The average Bonchev–Trinajstić information content (AvgIpc) is 3.00. The molecule has 0 saturated heterocycles. The van der Waals surface area contributed by atoms with Crippen LogP contribution in [0.1, 0.15) is 44.6 Å². The van der Waals surface area contributed by atoms with Gasteiger partial charge in [0.2, 0.25) is 5.90 Å². The van der Waals surface area contributed by atoms with E-state index in [1.807, 2.05) is 32.0 Å². The number of benzene rings is 2. The van der Waals surface area contributed by atoms with E-state index in [1.165, 1.54) is 11.7 Å². The normalized spacial score (nSPS) is 11.3. The first-order valence-electron chi connectivity index (χ1n) is 8.32. The summed E-state index contributed by atoms with van der Waals surface area (Å²) >= 11 is 0. The highest BCUT2D eigenvalue weighted by atomic mass is 16.5. The van der Waals surface area contributed by atoms with Crippen LogP contribution in [0.2, 0.25) is 0 Å². The highest BCUT2D eigenvalue weighted by Crippen LogP contribution is 2.11. The predicted molar refractivity (Wildman–Crippen MR) is 99.7 cm³/mol. The van der Waals surface area contributed by atoms with Crippen LogP contribution >= 0.6 is 0 Å². The van der Waals surface area contributed by atoms with Crippen LogP contribution in [0.15, 0.2) is 59.7 Å². The van der Waals surface area contributed by atoms with Gasteiger partial charge in [-0.1, -0.05) is 30.3 Å². The SMILES string of the molecule is CC(=O)c1ccc(C(=O)O/C(=N/n2nnc(C)c2C)c2ccccc2)cc1. The molecular weight excluding hydrogens is 344 g/mol. The fraction of sp³-hybridized carbons (Fsp3) is 0.150. The summed E-state index contributed by atoms with van der Waals surface area (Å²) in [6, 6.07) is 15.3. The molecule has 0 unspecified atom stereocenters. The average molecular weight is 362 g/mol. The Kier molecular flexibility index (Phi) is 5.21. The highest BCUT2D eigenvalue weighted by Gasteiger charge is 2.15. The second-order valence-electron chi connectivity index (χ2n) is 5.94. The van der Waals surface area contributed by atoms with Crippen molar-refractivity contribution < 1.29 is 14.3 Å². The first kappa shape index (κ1) is 18.2. The zero-order valence-corrected chi connectivity index (χ0v) is 15.2. The summed E-state index contributed by atoms with van der Waals surface area (Å²) in [5.41, 5.74) is 2.94. The molecule has 0 bridgehead atoms. The number of hydrogen-bond donors (Lipinski definition) is 0. The number of nitrogens with zero attached hydrogens (tertiary/aromatic N) is 4. The van der Waals surface area contributed by atoms with Gasteiger partial charge < -0.3 is 4.74 Å². The molecule has 7 heteroatoms. The number of rotatable bonds is 4. The summed E-state index contributed by atoms with van der Waals surface area (Å²) in [4.78, 5) is 25.3. The van der Waals surface area contributed by atoms with Crippen molar-refractivity contribution in [1.29, 1.82) is 0 Å². The van der Waals surface area contributed by atoms with E-state index in [0.717, 1.165) is 11.4 Å². The predicted octanol–water partition coefficient (Wildman–Crippen LogP) is 3.16. The van der Waals surface area contributed by atoms with E-state index < -0.39 is 5.97 Å². The molecule has 0 aliphatic heterocycles. The summed E-state index contributed by atoms with van der Waals surface area (Å²) < 4.78 is 5.53. The number of carbonyl (C=O) groups excluding carboxylic acids is 2. The Labute approximate surface area is 156 Å². The zero-order valence-electron chi connectivity index (χ0n) is 15.2. The number of aromatic nitrogens is 3. The molecule has 0 saturated carbocycles. The van der Waals surface area contributed by atoms with Gasteiger partial charge in [0.1, 0.15) is 0 Å². The topological polar surface area (TPSA) is 86.4 Å². The molecular formula is C20H18N4O3. The van der Waals surface area contributed by atoms with Gasteiger partial charge in [-0.2, -0.15) is 0 Å². The van der Waals surface area contributed by atoms with E-state index in [9.17, 15) is 9.59 Å². The number of ether oxygens (including phenoxy) is 1. The summed E-state index contributed by atoms with van der Waals surface area (Å²) in [7, 11) is 0. The van der Waals surface area contributed by atoms with Crippen molar-refractivity contribution in [2.45, 2.75) is 20.8 Å². The molecule has 0 N–H and O–H groups in total. The molecule has 2 aromatic carbocycles. The van der Waals surface area contributed by atoms with Gasteiger partial charge in [0.15, 0.2) is 5.78 Å². The van der Waals surface area contributed by atoms with Crippen molar-refractivity contribution in [3.05, 3.63) is 82.7 Å². The molecule has 1 aromatic heterocycles. The van der Waals surface area contributed by atoms with Crippen LogP contribution in [-0.2, 0) is 4.74 Å². The van der Waals surface area contributed by atoms with Crippen molar-refractivity contribution in [1.82, 2.24) is 15.1 Å². The van der Waals surface area contributed by atoms with Gasteiger partial charge in [-0.3, -0.25) is 4.79 Å². The van der Waals surface area contributed by atoms with E-state index in [2.05, 4.69) is 15.4 Å². The number of hydrogen-bond acceptors (Lipinski definition) is 6. The minimum atomic E-state index is -0.581. The number of aryl methyl sites for hydroxylation is 1. The lowest BCUT2D eigenvalue weighted by molar-refractivity contribution is 0.0716. The van der Waals surface area contributed by atoms with Crippen LogP contribution in [0.4, 0.5) is 0 Å². The van der Waals surface area contributed by atoms with E-state index in [-0.39, 0.29) is 11.7 Å². The number of carbonyl (C=O) groups is 2.